The highest BCUT2D eigenvalue weighted by molar-refractivity contribution is 5.92. The highest BCUT2D eigenvalue weighted by Crippen LogP contribution is 2.38. The van der Waals surface area contributed by atoms with E-state index in [1.165, 1.54) is 4.90 Å². The van der Waals surface area contributed by atoms with E-state index in [-0.39, 0.29) is 11.8 Å². The number of phenolic OH excluding ortho intramolecular Hbond substituents is 1. The molecule has 2 aliphatic rings. The zero-order chi connectivity index (χ0) is 14.2. The van der Waals surface area contributed by atoms with E-state index in [9.17, 15) is 9.90 Å². The number of nitrogens with zero attached hydrogens (tertiary/aromatic N) is 1. The molecule has 0 aromatic heterocycles. The number of hydrogen-bond acceptors (Lipinski definition) is 4. The third kappa shape index (κ3) is 2.22. The van der Waals surface area contributed by atoms with Crippen molar-refractivity contribution in [2.45, 2.75) is 25.4 Å². The molecule has 20 heavy (non-hydrogen) atoms. The summed E-state index contributed by atoms with van der Waals surface area (Å²) in [5.41, 5.74) is 0.0252. The van der Waals surface area contributed by atoms with Gasteiger partial charge < -0.3 is 15.2 Å². The fraction of sp³-hybridized carbons (Fsp3) is 0.533. The number of para-hydroxylation sites is 2. The molecule has 2 fully saturated rings. The minimum atomic E-state index is -0.493. The van der Waals surface area contributed by atoms with Gasteiger partial charge in [-0.15, -0.1) is 0 Å². The third-order valence-corrected chi connectivity index (χ3v) is 4.35. The molecule has 0 radical (unpaired) electrons. The van der Waals surface area contributed by atoms with Gasteiger partial charge in [0.1, 0.15) is 11.4 Å². The monoisotopic (exact) mass is 276 g/mol. The van der Waals surface area contributed by atoms with Crippen LogP contribution in [0.15, 0.2) is 24.3 Å². The molecule has 2 N–H and O–H groups in total. The van der Waals surface area contributed by atoms with Crippen molar-refractivity contribution in [2.75, 3.05) is 24.5 Å². The van der Waals surface area contributed by atoms with E-state index >= 15 is 0 Å². The van der Waals surface area contributed by atoms with Gasteiger partial charge in [0, 0.05) is 12.5 Å². The summed E-state index contributed by atoms with van der Waals surface area (Å²) < 4.78 is 5.65. The van der Waals surface area contributed by atoms with Crippen molar-refractivity contribution in [1.82, 2.24) is 5.32 Å². The molecule has 2 heterocycles. The van der Waals surface area contributed by atoms with E-state index in [0.29, 0.717) is 18.2 Å². The van der Waals surface area contributed by atoms with Gasteiger partial charge in [0.25, 0.3) is 0 Å². The molecular weight excluding hydrogens is 256 g/mol. The first-order chi connectivity index (χ1) is 9.60. The van der Waals surface area contributed by atoms with Gasteiger partial charge in [0.2, 0.25) is 0 Å². The lowest BCUT2D eigenvalue weighted by Crippen LogP contribution is -2.46. The maximum Gasteiger partial charge on any atom is 0.415 e. The summed E-state index contributed by atoms with van der Waals surface area (Å²) >= 11 is 0. The molecule has 0 saturated carbocycles. The Morgan fingerprint density at radius 3 is 2.95 bits per heavy atom. The summed E-state index contributed by atoms with van der Waals surface area (Å²) in [6.45, 7) is 4.38. The summed E-state index contributed by atoms with van der Waals surface area (Å²) in [5.74, 6) is 0.423. The maximum absolute atomic E-state index is 12.2. The smallest absolute Gasteiger partial charge is 0.415 e. The fourth-order valence-corrected chi connectivity index (χ4v) is 3.13. The van der Waals surface area contributed by atoms with Crippen LogP contribution in [-0.2, 0) is 4.74 Å². The topological polar surface area (TPSA) is 61.8 Å². The Bertz CT molecular complexity index is 514. The van der Waals surface area contributed by atoms with Crippen LogP contribution in [0, 0.1) is 5.92 Å². The zero-order valence-electron chi connectivity index (χ0n) is 11.6. The van der Waals surface area contributed by atoms with E-state index in [4.69, 9.17) is 4.74 Å². The van der Waals surface area contributed by atoms with Crippen molar-refractivity contribution >= 4 is 11.8 Å². The normalized spacial score (nSPS) is 30.4. The molecule has 1 amide bonds. The largest absolute Gasteiger partial charge is 0.506 e. The zero-order valence-corrected chi connectivity index (χ0v) is 11.6. The van der Waals surface area contributed by atoms with Crippen LogP contribution in [0.5, 0.6) is 5.75 Å². The van der Waals surface area contributed by atoms with Gasteiger partial charge in [-0.25, -0.2) is 4.79 Å². The van der Waals surface area contributed by atoms with Gasteiger partial charge in [0.15, 0.2) is 0 Å². The van der Waals surface area contributed by atoms with Gasteiger partial charge in [-0.05, 0) is 38.4 Å². The second-order valence-electron chi connectivity index (χ2n) is 5.80. The Morgan fingerprint density at radius 2 is 2.25 bits per heavy atom. The molecule has 108 valence electrons. The van der Waals surface area contributed by atoms with Gasteiger partial charge in [-0.3, -0.25) is 4.90 Å². The Balaban J connectivity index is 1.83. The molecule has 0 spiro atoms. The predicted octanol–water partition coefficient (Wildman–Crippen LogP) is 2.11. The number of nitrogens with one attached hydrogen (secondary N) is 1. The summed E-state index contributed by atoms with van der Waals surface area (Å²) in [5, 5.41) is 13.3. The van der Waals surface area contributed by atoms with E-state index in [2.05, 4.69) is 5.32 Å². The van der Waals surface area contributed by atoms with Crippen LogP contribution in [0.25, 0.3) is 0 Å². The first-order valence-corrected chi connectivity index (χ1v) is 7.09. The van der Waals surface area contributed by atoms with Gasteiger partial charge in [-0.2, -0.15) is 0 Å². The number of anilines is 1. The highest BCUT2D eigenvalue weighted by atomic mass is 16.6. The average molecular weight is 276 g/mol. The standard InChI is InChI=1S/C15H20N2O3/c1-15(11-5-4-8-16-9-11)10-17(14(19)20-15)12-6-2-3-7-13(12)18/h2-3,6-7,11,16,18H,4-5,8-10H2,1H3. The lowest BCUT2D eigenvalue weighted by Gasteiger charge is -2.34. The highest BCUT2D eigenvalue weighted by Gasteiger charge is 2.48. The number of rotatable bonds is 2. The first-order valence-electron chi connectivity index (χ1n) is 7.09. The molecule has 1 aromatic carbocycles. The van der Waals surface area contributed by atoms with Crippen LogP contribution in [-0.4, -0.2) is 36.4 Å². The maximum atomic E-state index is 12.2. The molecule has 2 unspecified atom stereocenters. The summed E-state index contributed by atoms with van der Waals surface area (Å²) in [7, 11) is 0. The first kappa shape index (κ1) is 13.2. The molecule has 2 saturated heterocycles. The van der Waals surface area contributed by atoms with Crippen molar-refractivity contribution in [1.29, 1.82) is 0 Å². The number of piperidine rings is 1. The Labute approximate surface area is 118 Å². The summed E-state index contributed by atoms with van der Waals surface area (Å²) in [4.78, 5) is 13.7. The number of aromatic hydroxyl groups is 1. The Hall–Kier alpha value is -1.75. The van der Waals surface area contributed by atoms with Gasteiger partial charge >= 0.3 is 6.09 Å². The summed E-state index contributed by atoms with van der Waals surface area (Å²) in [6, 6.07) is 6.87. The lowest BCUT2D eigenvalue weighted by molar-refractivity contribution is 0.0123. The fourth-order valence-electron chi connectivity index (χ4n) is 3.13. The molecule has 2 atom stereocenters. The molecule has 0 bridgehead atoms. The van der Waals surface area contributed by atoms with Crippen molar-refractivity contribution < 1.29 is 14.6 Å². The van der Waals surface area contributed by atoms with E-state index in [1.54, 1.807) is 24.3 Å². The molecule has 2 aliphatic heterocycles. The molecule has 5 heteroatoms. The average Bonchev–Trinajstić information content (AvgIpc) is 2.77. The molecule has 0 aliphatic carbocycles. The number of benzene rings is 1. The minimum Gasteiger partial charge on any atom is -0.506 e. The predicted molar refractivity (Wildman–Crippen MR) is 75.9 cm³/mol. The van der Waals surface area contributed by atoms with Gasteiger partial charge in [-0.1, -0.05) is 12.1 Å². The van der Waals surface area contributed by atoms with Crippen molar-refractivity contribution in [3.63, 3.8) is 0 Å². The van der Waals surface area contributed by atoms with Crippen LogP contribution in [0.2, 0.25) is 0 Å². The summed E-state index contributed by atoms with van der Waals surface area (Å²) in [6.07, 6.45) is 1.79. The quantitative estimate of drug-likeness (QED) is 0.868. The van der Waals surface area contributed by atoms with Crippen LogP contribution in [0.3, 0.4) is 0 Å². The van der Waals surface area contributed by atoms with Crippen LogP contribution in [0.4, 0.5) is 10.5 Å². The molecule has 3 rings (SSSR count). The second-order valence-corrected chi connectivity index (χ2v) is 5.80. The molecule has 5 nitrogen and oxygen atoms in total. The number of phenols is 1. The number of carbonyl (C=O) groups excluding carboxylic acids is 1. The third-order valence-electron chi connectivity index (χ3n) is 4.35. The molecule has 1 aromatic rings. The molecular formula is C15H20N2O3. The Kier molecular flexibility index (Phi) is 3.30. The second kappa shape index (κ2) is 4.98. The number of carbonyl (C=O) groups is 1. The van der Waals surface area contributed by atoms with Crippen LogP contribution < -0.4 is 10.2 Å². The number of amides is 1. The van der Waals surface area contributed by atoms with E-state index < -0.39 is 5.60 Å². The lowest BCUT2D eigenvalue weighted by atomic mass is 9.83. The van der Waals surface area contributed by atoms with E-state index in [0.717, 1.165) is 25.9 Å². The van der Waals surface area contributed by atoms with Crippen molar-refractivity contribution in [2.24, 2.45) is 5.92 Å². The van der Waals surface area contributed by atoms with E-state index in [1.807, 2.05) is 6.92 Å². The van der Waals surface area contributed by atoms with Crippen LogP contribution in [0.1, 0.15) is 19.8 Å². The van der Waals surface area contributed by atoms with Gasteiger partial charge in [0.05, 0.1) is 12.2 Å². The Morgan fingerprint density at radius 1 is 1.45 bits per heavy atom. The van der Waals surface area contributed by atoms with Crippen molar-refractivity contribution in [3.05, 3.63) is 24.3 Å². The number of ether oxygens (including phenoxy) is 1. The van der Waals surface area contributed by atoms with Crippen molar-refractivity contribution in [3.8, 4) is 5.75 Å². The number of hydrogen-bond donors (Lipinski definition) is 2. The van der Waals surface area contributed by atoms with Crippen LogP contribution >= 0.6 is 0 Å². The SMILES string of the molecule is CC1(C2CCCNC2)CN(c2ccccc2O)C(=O)O1. The number of cyclic esters (lactones) is 1. The minimum absolute atomic E-state index is 0.107.